The van der Waals surface area contributed by atoms with Crippen molar-refractivity contribution in [3.05, 3.63) is 73.7 Å². The Bertz CT molecular complexity index is 1980. The van der Waals surface area contributed by atoms with Crippen molar-refractivity contribution in [3.8, 4) is 5.75 Å². The zero-order chi connectivity index (χ0) is 38.1. The fraction of sp³-hybridized carbons (Fsp3) is 0.514. The van der Waals surface area contributed by atoms with Crippen LogP contribution < -0.4 is 10.9 Å². The molecule has 3 heterocycles. The maximum atomic E-state index is 14.8. The molecule has 5 rings (SSSR count). The number of aryl methyl sites for hydroxylation is 2. The van der Waals surface area contributed by atoms with Crippen LogP contribution in [0.15, 0.2) is 29.1 Å². The minimum Gasteiger partial charge on any atom is -0.504 e. The van der Waals surface area contributed by atoms with E-state index >= 15 is 0 Å². The Kier molecular flexibility index (Phi) is 11.6. The summed E-state index contributed by atoms with van der Waals surface area (Å²) in [5, 5.41) is 27.4. The third-order valence-electron chi connectivity index (χ3n) is 10.1. The van der Waals surface area contributed by atoms with E-state index in [-0.39, 0.29) is 52.4 Å². The Morgan fingerprint density at radius 1 is 1.25 bits per heavy atom. The summed E-state index contributed by atoms with van der Waals surface area (Å²) >= 11 is 6.13. The summed E-state index contributed by atoms with van der Waals surface area (Å²) in [5.41, 5.74) is 0.629. The summed E-state index contributed by atoms with van der Waals surface area (Å²) in [6, 6.07) is 2.59. The lowest BCUT2D eigenvalue weighted by Crippen LogP contribution is -2.39. The van der Waals surface area contributed by atoms with E-state index in [1.165, 1.54) is 0 Å². The number of H-pyrrole nitrogens is 2. The van der Waals surface area contributed by atoms with Gasteiger partial charge in [0, 0.05) is 37.3 Å². The molecule has 17 heteroatoms. The molecule has 0 bridgehead atoms. The number of benzene rings is 1. The van der Waals surface area contributed by atoms with E-state index < -0.39 is 35.7 Å². The highest BCUT2D eigenvalue weighted by atomic mass is 35.5. The lowest BCUT2D eigenvalue weighted by molar-refractivity contribution is -0.137. The van der Waals surface area contributed by atoms with Crippen molar-refractivity contribution < 1.29 is 32.6 Å². The highest BCUT2D eigenvalue weighted by molar-refractivity contribution is 6.33. The first-order valence-corrected chi connectivity index (χ1v) is 17.6. The topological polar surface area (TPSA) is 163 Å². The van der Waals surface area contributed by atoms with Crippen LogP contribution in [-0.4, -0.2) is 77.9 Å². The summed E-state index contributed by atoms with van der Waals surface area (Å²) in [4.78, 5) is 43.5. The minimum absolute atomic E-state index is 0.0121. The van der Waals surface area contributed by atoms with E-state index in [1.807, 2.05) is 33.8 Å². The maximum Gasteiger partial charge on any atom is 0.416 e. The molecule has 1 aromatic carbocycles. The fourth-order valence-electron chi connectivity index (χ4n) is 7.05. The molecule has 0 fully saturated rings. The van der Waals surface area contributed by atoms with Gasteiger partial charge in [-0.1, -0.05) is 44.9 Å². The van der Waals surface area contributed by atoms with Crippen molar-refractivity contribution in [1.29, 1.82) is 0 Å². The molecule has 52 heavy (non-hydrogen) atoms. The van der Waals surface area contributed by atoms with Crippen LogP contribution in [0.3, 0.4) is 0 Å². The van der Waals surface area contributed by atoms with Gasteiger partial charge in [0.05, 0.1) is 29.5 Å². The molecule has 3 unspecified atom stereocenters. The Hall–Kier alpha value is -4.57. The average molecular weight is 749 g/mol. The molecule has 13 nitrogen and oxygen atoms in total. The number of ether oxygens (including phenoxy) is 1. The lowest BCUT2D eigenvalue weighted by atomic mass is 9.78. The molecule has 0 spiro atoms. The number of hydrogen-bond donors (Lipinski definition) is 4. The zero-order valence-electron chi connectivity index (χ0n) is 29.9. The van der Waals surface area contributed by atoms with Crippen molar-refractivity contribution in [2.24, 2.45) is 18.9 Å². The number of alkyl halides is 3. The van der Waals surface area contributed by atoms with Crippen molar-refractivity contribution in [2.45, 2.75) is 72.0 Å². The summed E-state index contributed by atoms with van der Waals surface area (Å²) in [7, 11) is 1.77. The molecular weight excluding hydrogens is 705 g/mol. The summed E-state index contributed by atoms with van der Waals surface area (Å²) in [6.07, 6.45) is -1.67. The van der Waals surface area contributed by atoms with Crippen LogP contribution >= 0.6 is 11.6 Å². The number of aromatic hydroxyl groups is 1. The molecule has 4 N–H and O–H groups in total. The van der Waals surface area contributed by atoms with Gasteiger partial charge in [0.25, 0.3) is 11.5 Å². The van der Waals surface area contributed by atoms with Crippen molar-refractivity contribution in [3.63, 3.8) is 0 Å². The summed E-state index contributed by atoms with van der Waals surface area (Å²) in [6.45, 7) is 10.3. The molecular formula is C35H44ClF3N8O5. The van der Waals surface area contributed by atoms with Crippen LogP contribution in [-0.2, 0) is 29.3 Å². The van der Waals surface area contributed by atoms with Crippen molar-refractivity contribution in [1.82, 2.24) is 34.7 Å². The van der Waals surface area contributed by atoms with Gasteiger partial charge in [0.15, 0.2) is 17.3 Å². The second kappa shape index (κ2) is 15.6. The molecule has 0 saturated carbocycles. The third-order valence-corrected chi connectivity index (χ3v) is 10.4. The summed E-state index contributed by atoms with van der Waals surface area (Å²) < 4.78 is 48.0. The van der Waals surface area contributed by atoms with Gasteiger partial charge in [-0.2, -0.15) is 18.3 Å². The number of aromatic amines is 2. The molecule has 2 aliphatic rings. The zero-order valence-corrected chi connectivity index (χ0v) is 30.7. The Morgan fingerprint density at radius 3 is 2.56 bits per heavy atom. The van der Waals surface area contributed by atoms with Gasteiger partial charge in [0.2, 0.25) is 5.91 Å². The molecule has 3 aromatic rings. The van der Waals surface area contributed by atoms with Gasteiger partial charge in [-0.05, 0) is 61.8 Å². The number of hydrogen-bond acceptors (Lipinski definition) is 7. The number of anilines is 1. The smallest absolute Gasteiger partial charge is 0.416 e. The number of carbonyl (C=O) groups excluding carboxylic acids is 2. The van der Waals surface area contributed by atoms with E-state index in [2.05, 4.69) is 20.6 Å². The Labute approximate surface area is 303 Å². The van der Waals surface area contributed by atoms with E-state index in [0.29, 0.717) is 55.4 Å². The van der Waals surface area contributed by atoms with Crippen molar-refractivity contribution in [2.75, 3.05) is 31.6 Å². The first-order chi connectivity index (χ1) is 24.6. The number of rotatable bonds is 10. The van der Waals surface area contributed by atoms with Gasteiger partial charge in [-0.25, -0.2) is 4.68 Å². The van der Waals surface area contributed by atoms with Crippen LogP contribution in [0.5, 0.6) is 5.75 Å². The quantitative estimate of drug-likeness (QED) is 0.200. The van der Waals surface area contributed by atoms with E-state index in [4.69, 9.17) is 21.4 Å². The number of aromatic nitrogens is 6. The first-order valence-electron chi connectivity index (χ1n) is 17.2. The second-order valence-electron chi connectivity index (χ2n) is 13.3. The maximum absolute atomic E-state index is 14.8. The van der Waals surface area contributed by atoms with E-state index in [0.717, 1.165) is 28.5 Å². The number of carbonyl (C=O) groups is 2. The monoisotopic (exact) mass is 748 g/mol. The molecule has 2 amide bonds. The standard InChI is InChI=1S/C35H44ClF3N8O5/c1-7-21(16-46(8-2)34(51)30-31(49)20(5)41-42-30)27-18(3)19(4)29-28(27)33(50)47(44-32(45(6)43-29)22-11-13-52-14-12-22)17-26(48)40-25-10-9-23(15-24(25)36)35(37,38)39/h9-11,15,18-19,21,27,43,49H,7-8,12-14,16-17H2,1-6H3,(H,40,48)(H,41,42)/t18?,19?,21-,27?/m0/s1. The average Bonchev–Trinajstić information content (AvgIpc) is 3.56. The normalized spacial score (nSPS) is 19.1. The third kappa shape index (κ3) is 7.77. The molecule has 0 saturated heterocycles. The Morgan fingerprint density at radius 2 is 1.98 bits per heavy atom. The Balaban J connectivity index is 1.60. The molecule has 1 aliphatic heterocycles. The number of amides is 2. The molecule has 0 radical (unpaired) electrons. The van der Waals surface area contributed by atoms with Crippen LogP contribution in [0, 0.1) is 18.8 Å². The SMILES string of the molecule is CC[C@@H](CN(CC)C(=O)c1[nH]nc(C)c1O)C1c2c([nH]n(C)c(C3=CCOCC3)nn(CC(=O)Nc3ccc(C(F)(F)F)cc3Cl)c2=O)C(C)C1C. The predicted molar refractivity (Wildman–Crippen MR) is 189 cm³/mol. The van der Waals surface area contributed by atoms with Crippen LogP contribution in [0.2, 0.25) is 5.02 Å². The first kappa shape index (κ1) is 38.7. The minimum atomic E-state index is -4.62. The molecule has 2 aromatic heterocycles. The van der Waals surface area contributed by atoms with Crippen LogP contribution in [0.25, 0.3) is 5.57 Å². The lowest BCUT2D eigenvalue weighted by Gasteiger charge is -2.32. The number of halogens is 4. The molecule has 1 aliphatic carbocycles. The highest BCUT2D eigenvalue weighted by Crippen LogP contribution is 2.48. The van der Waals surface area contributed by atoms with Gasteiger partial charge in [-0.15, -0.1) is 5.10 Å². The highest BCUT2D eigenvalue weighted by Gasteiger charge is 2.43. The van der Waals surface area contributed by atoms with Gasteiger partial charge < -0.3 is 25.2 Å². The van der Waals surface area contributed by atoms with Crippen molar-refractivity contribution >= 4 is 34.7 Å². The van der Waals surface area contributed by atoms with Crippen LogP contribution in [0.1, 0.15) is 91.2 Å². The van der Waals surface area contributed by atoms with Gasteiger partial charge in [-0.3, -0.25) is 24.2 Å². The molecule has 282 valence electrons. The predicted octanol–water partition coefficient (Wildman–Crippen LogP) is 5.91. The van der Waals surface area contributed by atoms with E-state index in [1.54, 1.807) is 23.6 Å². The number of nitrogens with one attached hydrogen (secondary N) is 3. The largest absolute Gasteiger partial charge is 0.504 e. The van der Waals surface area contributed by atoms with Crippen LogP contribution in [0.4, 0.5) is 18.9 Å². The van der Waals surface area contributed by atoms with Gasteiger partial charge in [0.1, 0.15) is 12.2 Å². The second-order valence-corrected chi connectivity index (χ2v) is 13.7. The van der Waals surface area contributed by atoms with Gasteiger partial charge >= 0.3 is 6.18 Å². The number of nitrogens with zero attached hydrogens (tertiary/aromatic N) is 5. The van der Waals surface area contributed by atoms with E-state index in [9.17, 15) is 32.7 Å². The fourth-order valence-corrected chi connectivity index (χ4v) is 7.28. The number of fused-ring (bicyclic) bond motifs is 1. The summed E-state index contributed by atoms with van der Waals surface area (Å²) in [5.74, 6) is -1.79. The molecule has 4 atom stereocenters.